The highest BCUT2D eigenvalue weighted by Gasteiger charge is 2.04. The lowest BCUT2D eigenvalue weighted by Crippen LogP contribution is -2.38. The van der Waals surface area contributed by atoms with E-state index < -0.39 is 0 Å². The molecular weight excluding hydrogens is 421 g/mol. The van der Waals surface area contributed by atoms with Gasteiger partial charge in [-0.15, -0.1) is 24.0 Å². The molecular formula is C17H30IN3O3. The second-order valence-corrected chi connectivity index (χ2v) is 4.91. The van der Waals surface area contributed by atoms with Crippen molar-refractivity contribution in [3.8, 4) is 11.5 Å². The van der Waals surface area contributed by atoms with Crippen LogP contribution in [0.2, 0.25) is 0 Å². The number of phenols is 1. The molecule has 0 aliphatic rings. The van der Waals surface area contributed by atoms with Crippen LogP contribution in [0.4, 0.5) is 0 Å². The number of aliphatic imine (C=N–C) groups is 1. The van der Waals surface area contributed by atoms with E-state index in [2.05, 4.69) is 15.6 Å². The second-order valence-electron chi connectivity index (χ2n) is 4.91. The summed E-state index contributed by atoms with van der Waals surface area (Å²) in [5, 5.41) is 16.2. The number of halogens is 1. The van der Waals surface area contributed by atoms with Crippen molar-refractivity contribution < 1.29 is 14.6 Å². The lowest BCUT2D eigenvalue weighted by molar-refractivity contribution is 0.145. The molecule has 0 aromatic heterocycles. The van der Waals surface area contributed by atoms with Crippen LogP contribution >= 0.6 is 24.0 Å². The zero-order valence-electron chi connectivity index (χ0n) is 14.8. The highest BCUT2D eigenvalue weighted by molar-refractivity contribution is 14.0. The third-order valence-corrected chi connectivity index (χ3v) is 3.05. The molecule has 138 valence electrons. The van der Waals surface area contributed by atoms with Crippen molar-refractivity contribution in [3.63, 3.8) is 0 Å². The summed E-state index contributed by atoms with van der Waals surface area (Å²) in [5.41, 5.74) is 0.984. The Kier molecular flexibility index (Phi) is 13.4. The van der Waals surface area contributed by atoms with Crippen LogP contribution in [0.5, 0.6) is 11.5 Å². The molecule has 0 aliphatic heterocycles. The number of ether oxygens (including phenoxy) is 2. The Morgan fingerprint density at radius 1 is 1.17 bits per heavy atom. The number of guanidine groups is 1. The lowest BCUT2D eigenvalue weighted by atomic mass is 10.2. The van der Waals surface area contributed by atoms with Gasteiger partial charge in [0.25, 0.3) is 0 Å². The minimum atomic E-state index is 0. The van der Waals surface area contributed by atoms with Crippen LogP contribution in [0.1, 0.15) is 32.8 Å². The van der Waals surface area contributed by atoms with Crippen LogP contribution in [-0.2, 0) is 11.3 Å². The van der Waals surface area contributed by atoms with Crippen LogP contribution in [0.15, 0.2) is 23.2 Å². The number of hydrogen-bond acceptors (Lipinski definition) is 4. The molecule has 24 heavy (non-hydrogen) atoms. The summed E-state index contributed by atoms with van der Waals surface area (Å²) in [6.07, 6.45) is 0.936. The topological polar surface area (TPSA) is 75.1 Å². The van der Waals surface area contributed by atoms with Crippen LogP contribution in [0.3, 0.4) is 0 Å². The Morgan fingerprint density at radius 3 is 2.62 bits per heavy atom. The summed E-state index contributed by atoms with van der Waals surface area (Å²) in [4.78, 5) is 4.55. The first kappa shape index (κ1) is 22.8. The standard InChI is InChI=1S/C17H29N3O3.HI/c1-4-18-17(19-10-7-11-22-5-2)20-13-14-8-9-15(21)16(12-14)23-6-3;/h8-9,12,21H,4-7,10-11,13H2,1-3H3,(H2,18,19,20);1H. The van der Waals surface area contributed by atoms with Crippen molar-refractivity contribution in [2.45, 2.75) is 33.7 Å². The number of hydrogen-bond donors (Lipinski definition) is 3. The smallest absolute Gasteiger partial charge is 0.191 e. The van der Waals surface area contributed by atoms with E-state index in [4.69, 9.17) is 9.47 Å². The first-order chi connectivity index (χ1) is 11.2. The van der Waals surface area contributed by atoms with Gasteiger partial charge in [-0.05, 0) is 44.9 Å². The fourth-order valence-electron chi connectivity index (χ4n) is 1.97. The summed E-state index contributed by atoms with van der Waals surface area (Å²) in [6, 6.07) is 5.30. The molecule has 0 heterocycles. The molecule has 0 unspecified atom stereocenters. The summed E-state index contributed by atoms with van der Waals surface area (Å²) >= 11 is 0. The van der Waals surface area contributed by atoms with E-state index in [-0.39, 0.29) is 29.7 Å². The Bertz CT molecular complexity index is 484. The average Bonchev–Trinajstić information content (AvgIpc) is 2.55. The Morgan fingerprint density at radius 2 is 1.96 bits per heavy atom. The number of phenolic OH excluding ortho intramolecular Hbond substituents is 1. The summed E-state index contributed by atoms with van der Waals surface area (Å²) in [5.74, 6) is 1.42. The highest BCUT2D eigenvalue weighted by atomic mass is 127. The molecule has 0 bridgehead atoms. The molecule has 0 fully saturated rings. The summed E-state index contributed by atoms with van der Waals surface area (Å²) in [6.45, 7) is 10.1. The second kappa shape index (κ2) is 14.2. The largest absolute Gasteiger partial charge is 0.504 e. The zero-order chi connectivity index (χ0) is 16.9. The lowest BCUT2D eigenvalue weighted by Gasteiger charge is -2.12. The van der Waals surface area contributed by atoms with E-state index in [0.717, 1.165) is 44.2 Å². The number of rotatable bonds is 10. The molecule has 1 aromatic rings. The molecule has 0 aliphatic carbocycles. The molecule has 3 N–H and O–H groups in total. The Labute approximate surface area is 162 Å². The SMILES string of the molecule is CCNC(=NCc1ccc(O)c(OCC)c1)NCCCOCC.I. The fourth-order valence-corrected chi connectivity index (χ4v) is 1.97. The molecule has 0 radical (unpaired) electrons. The molecule has 7 heteroatoms. The third kappa shape index (κ3) is 9.17. The van der Waals surface area contributed by atoms with Crippen molar-refractivity contribution >= 4 is 29.9 Å². The number of nitrogens with one attached hydrogen (secondary N) is 2. The van der Waals surface area contributed by atoms with Crippen molar-refractivity contribution in [1.82, 2.24) is 10.6 Å². The maximum absolute atomic E-state index is 9.72. The van der Waals surface area contributed by atoms with E-state index >= 15 is 0 Å². The van der Waals surface area contributed by atoms with Gasteiger partial charge in [0.15, 0.2) is 17.5 Å². The third-order valence-electron chi connectivity index (χ3n) is 3.05. The van der Waals surface area contributed by atoms with Gasteiger partial charge in [0.2, 0.25) is 0 Å². The fraction of sp³-hybridized carbons (Fsp3) is 0.588. The molecule has 0 atom stereocenters. The predicted octanol–water partition coefficient (Wildman–Crippen LogP) is 2.89. The first-order valence-corrected chi connectivity index (χ1v) is 8.25. The van der Waals surface area contributed by atoms with E-state index in [1.54, 1.807) is 6.07 Å². The molecule has 0 amide bonds. The Hall–Kier alpha value is -1.22. The van der Waals surface area contributed by atoms with Gasteiger partial charge in [-0.25, -0.2) is 4.99 Å². The minimum absolute atomic E-state index is 0. The van der Waals surface area contributed by atoms with E-state index in [1.165, 1.54) is 0 Å². The molecule has 0 spiro atoms. The van der Waals surface area contributed by atoms with Gasteiger partial charge in [0.05, 0.1) is 13.2 Å². The van der Waals surface area contributed by atoms with Gasteiger partial charge >= 0.3 is 0 Å². The first-order valence-electron chi connectivity index (χ1n) is 8.25. The van der Waals surface area contributed by atoms with Crippen LogP contribution in [0.25, 0.3) is 0 Å². The Balaban J connectivity index is 0.00000529. The van der Waals surface area contributed by atoms with Crippen molar-refractivity contribution in [3.05, 3.63) is 23.8 Å². The molecule has 6 nitrogen and oxygen atoms in total. The predicted molar refractivity (Wildman–Crippen MR) is 109 cm³/mol. The maximum Gasteiger partial charge on any atom is 0.191 e. The van der Waals surface area contributed by atoms with Crippen LogP contribution < -0.4 is 15.4 Å². The van der Waals surface area contributed by atoms with Crippen molar-refractivity contribution in [1.29, 1.82) is 0 Å². The number of aromatic hydroxyl groups is 1. The highest BCUT2D eigenvalue weighted by Crippen LogP contribution is 2.26. The van der Waals surface area contributed by atoms with Gasteiger partial charge < -0.3 is 25.2 Å². The quantitative estimate of drug-likeness (QED) is 0.221. The molecule has 0 saturated heterocycles. The monoisotopic (exact) mass is 451 g/mol. The van der Waals surface area contributed by atoms with Crippen molar-refractivity contribution in [2.75, 3.05) is 32.9 Å². The van der Waals surface area contributed by atoms with Crippen molar-refractivity contribution in [2.24, 2.45) is 4.99 Å². The molecule has 0 saturated carbocycles. The van der Waals surface area contributed by atoms with Gasteiger partial charge in [0, 0.05) is 26.3 Å². The van der Waals surface area contributed by atoms with Gasteiger partial charge in [0.1, 0.15) is 0 Å². The molecule has 1 rings (SSSR count). The number of benzene rings is 1. The number of nitrogens with zero attached hydrogens (tertiary/aromatic N) is 1. The van der Waals surface area contributed by atoms with Gasteiger partial charge in [-0.2, -0.15) is 0 Å². The van der Waals surface area contributed by atoms with E-state index in [1.807, 2.05) is 32.9 Å². The van der Waals surface area contributed by atoms with Gasteiger partial charge in [-0.1, -0.05) is 6.07 Å². The van der Waals surface area contributed by atoms with Gasteiger partial charge in [-0.3, -0.25) is 0 Å². The van der Waals surface area contributed by atoms with E-state index in [9.17, 15) is 5.11 Å². The summed E-state index contributed by atoms with van der Waals surface area (Å²) in [7, 11) is 0. The summed E-state index contributed by atoms with van der Waals surface area (Å²) < 4.78 is 10.7. The normalized spacial score (nSPS) is 10.9. The van der Waals surface area contributed by atoms with Crippen LogP contribution in [-0.4, -0.2) is 44.0 Å². The van der Waals surface area contributed by atoms with Crippen LogP contribution in [0, 0.1) is 0 Å². The molecule has 1 aromatic carbocycles. The average molecular weight is 451 g/mol. The van der Waals surface area contributed by atoms with E-state index in [0.29, 0.717) is 18.9 Å². The minimum Gasteiger partial charge on any atom is -0.504 e. The zero-order valence-corrected chi connectivity index (χ0v) is 17.1. The maximum atomic E-state index is 9.72.